The zero-order chi connectivity index (χ0) is 12.8. The largest absolute Gasteiger partial charge is 0.308 e. The van der Waals surface area contributed by atoms with Gasteiger partial charge < -0.3 is 5.32 Å². The van der Waals surface area contributed by atoms with Gasteiger partial charge in [0.15, 0.2) is 0 Å². The fraction of sp³-hybridized carbons (Fsp3) is 0.143. The van der Waals surface area contributed by atoms with E-state index in [1.54, 1.807) is 17.4 Å². The number of thiophene rings is 1. The second-order valence-corrected chi connectivity index (χ2v) is 4.83. The molecule has 0 bridgehead atoms. The maximum atomic E-state index is 8.80. The van der Waals surface area contributed by atoms with Crippen LogP contribution in [0.25, 0.3) is 0 Å². The predicted octanol–water partition coefficient (Wildman–Crippen LogP) is 2.78. The third-order valence-electron chi connectivity index (χ3n) is 2.47. The fourth-order valence-electron chi connectivity index (χ4n) is 1.61. The summed E-state index contributed by atoms with van der Waals surface area (Å²) >= 11 is 1.58. The first kappa shape index (κ1) is 12.3. The molecule has 0 spiro atoms. The van der Waals surface area contributed by atoms with Crippen molar-refractivity contribution in [1.29, 1.82) is 10.5 Å². The van der Waals surface area contributed by atoms with E-state index in [0.29, 0.717) is 11.1 Å². The van der Waals surface area contributed by atoms with Gasteiger partial charge in [-0.2, -0.15) is 10.5 Å². The molecule has 0 aliphatic heterocycles. The second kappa shape index (κ2) is 5.97. The third kappa shape index (κ3) is 3.18. The Morgan fingerprint density at radius 2 is 1.89 bits per heavy atom. The topological polar surface area (TPSA) is 59.6 Å². The first-order valence-corrected chi connectivity index (χ1v) is 6.37. The van der Waals surface area contributed by atoms with Gasteiger partial charge in [-0.15, -0.1) is 11.3 Å². The zero-order valence-electron chi connectivity index (χ0n) is 9.68. The van der Waals surface area contributed by atoms with Gasteiger partial charge in [-0.05, 0) is 23.8 Å². The Bertz CT molecular complexity index is 616. The minimum Gasteiger partial charge on any atom is -0.308 e. The summed E-state index contributed by atoms with van der Waals surface area (Å²) in [7, 11) is 0. The van der Waals surface area contributed by atoms with Crippen LogP contribution in [-0.2, 0) is 13.1 Å². The molecule has 0 amide bonds. The summed E-state index contributed by atoms with van der Waals surface area (Å²) in [6, 6.07) is 13.7. The van der Waals surface area contributed by atoms with Gasteiger partial charge in [-0.25, -0.2) is 0 Å². The van der Waals surface area contributed by atoms with Crippen molar-refractivity contribution < 1.29 is 0 Å². The lowest BCUT2D eigenvalue weighted by Crippen LogP contribution is -2.11. The van der Waals surface area contributed by atoms with Crippen molar-refractivity contribution in [2.24, 2.45) is 0 Å². The molecule has 2 aromatic rings. The molecule has 18 heavy (non-hydrogen) atoms. The zero-order valence-corrected chi connectivity index (χ0v) is 10.5. The lowest BCUT2D eigenvalue weighted by Gasteiger charge is -2.03. The molecule has 1 heterocycles. The average molecular weight is 253 g/mol. The standard InChI is InChI=1S/C14H11N3S/c15-6-11-2-1-3-12(4-11)8-17-9-14-5-13(7-16)10-18-14/h1-5,10,17H,8-9H2. The summed E-state index contributed by atoms with van der Waals surface area (Å²) in [5.41, 5.74) is 2.48. The summed E-state index contributed by atoms with van der Waals surface area (Å²) in [5.74, 6) is 0. The van der Waals surface area contributed by atoms with Crippen molar-refractivity contribution in [3.63, 3.8) is 0 Å². The van der Waals surface area contributed by atoms with Crippen molar-refractivity contribution in [2.45, 2.75) is 13.1 Å². The Morgan fingerprint density at radius 1 is 1.06 bits per heavy atom. The van der Waals surface area contributed by atoms with Crippen molar-refractivity contribution in [2.75, 3.05) is 0 Å². The molecule has 0 atom stereocenters. The van der Waals surface area contributed by atoms with E-state index in [1.165, 1.54) is 0 Å². The quantitative estimate of drug-likeness (QED) is 0.911. The average Bonchev–Trinajstić information content (AvgIpc) is 2.87. The van der Waals surface area contributed by atoms with Gasteiger partial charge in [0.05, 0.1) is 17.2 Å². The molecule has 0 aliphatic carbocycles. The molecule has 2 rings (SSSR count). The van der Waals surface area contributed by atoms with Crippen LogP contribution in [0.3, 0.4) is 0 Å². The van der Waals surface area contributed by atoms with Crippen LogP contribution in [0.5, 0.6) is 0 Å². The minimum absolute atomic E-state index is 0.678. The Balaban J connectivity index is 1.88. The Labute approximate surface area is 110 Å². The molecule has 0 aliphatic rings. The Hall–Kier alpha value is -2.14. The minimum atomic E-state index is 0.678. The molecule has 0 radical (unpaired) electrons. The molecule has 0 fully saturated rings. The summed E-state index contributed by atoms with van der Waals surface area (Å²) in [4.78, 5) is 1.14. The van der Waals surface area contributed by atoms with E-state index in [4.69, 9.17) is 10.5 Å². The highest BCUT2D eigenvalue weighted by Gasteiger charge is 1.99. The SMILES string of the molecule is N#Cc1cccc(CNCc2cc(C#N)cs2)c1. The molecule has 1 N–H and O–H groups in total. The summed E-state index contributed by atoms with van der Waals surface area (Å²) in [5, 5.41) is 22.7. The van der Waals surface area contributed by atoms with Gasteiger partial charge in [-0.3, -0.25) is 0 Å². The normalized spacial score (nSPS) is 9.67. The number of rotatable bonds is 4. The molecule has 3 nitrogen and oxygen atoms in total. The maximum absolute atomic E-state index is 8.80. The van der Waals surface area contributed by atoms with Gasteiger partial charge in [-0.1, -0.05) is 12.1 Å². The number of nitriles is 2. The Kier molecular flexibility index (Phi) is 4.09. The van der Waals surface area contributed by atoms with E-state index in [2.05, 4.69) is 17.5 Å². The van der Waals surface area contributed by atoms with Crippen molar-refractivity contribution in [3.05, 3.63) is 57.3 Å². The second-order valence-electron chi connectivity index (χ2n) is 3.83. The molecular formula is C14H11N3S. The third-order valence-corrected chi connectivity index (χ3v) is 3.40. The molecule has 88 valence electrons. The van der Waals surface area contributed by atoms with Crippen molar-refractivity contribution in [1.82, 2.24) is 5.32 Å². The monoisotopic (exact) mass is 253 g/mol. The van der Waals surface area contributed by atoms with Crippen molar-refractivity contribution >= 4 is 11.3 Å². The van der Waals surface area contributed by atoms with Gasteiger partial charge in [0, 0.05) is 23.3 Å². The van der Waals surface area contributed by atoms with Crippen LogP contribution in [0, 0.1) is 22.7 Å². The molecule has 0 saturated carbocycles. The van der Waals surface area contributed by atoms with Crippen molar-refractivity contribution in [3.8, 4) is 12.1 Å². The van der Waals surface area contributed by atoms with E-state index >= 15 is 0 Å². The number of hydrogen-bond acceptors (Lipinski definition) is 4. The van der Waals surface area contributed by atoms with Gasteiger partial charge in [0.2, 0.25) is 0 Å². The first-order chi connectivity index (χ1) is 8.81. The Morgan fingerprint density at radius 3 is 2.61 bits per heavy atom. The lowest BCUT2D eigenvalue weighted by atomic mass is 10.1. The van der Waals surface area contributed by atoms with Crippen LogP contribution >= 0.6 is 11.3 Å². The van der Waals surface area contributed by atoms with E-state index in [-0.39, 0.29) is 0 Å². The van der Waals surface area contributed by atoms with Gasteiger partial charge >= 0.3 is 0 Å². The number of nitrogens with zero attached hydrogens (tertiary/aromatic N) is 2. The van der Waals surface area contributed by atoms with E-state index in [9.17, 15) is 0 Å². The van der Waals surface area contributed by atoms with Gasteiger partial charge in [0.25, 0.3) is 0 Å². The van der Waals surface area contributed by atoms with E-state index < -0.39 is 0 Å². The van der Waals surface area contributed by atoms with E-state index in [1.807, 2.05) is 29.6 Å². The van der Waals surface area contributed by atoms with Crippen LogP contribution in [0.15, 0.2) is 35.7 Å². The molecule has 0 saturated heterocycles. The summed E-state index contributed by atoms with van der Waals surface area (Å²) in [6.45, 7) is 1.46. The molecule has 1 aromatic heterocycles. The van der Waals surface area contributed by atoms with Crippen LogP contribution < -0.4 is 5.32 Å². The van der Waals surface area contributed by atoms with Crippen LogP contribution in [0.4, 0.5) is 0 Å². The maximum Gasteiger partial charge on any atom is 0.100 e. The summed E-state index contributed by atoms with van der Waals surface area (Å²) in [6.07, 6.45) is 0. The summed E-state index contributed by atoms with van der Waals surface area (Å²) < 4.78 is 0. The molecule has 0 unspecified atom stereocenters. The first-order valence-electron chi connectivity index (χ1n) is 5.49. The van der Waals surface area contributed by atoms with Crippen LogP contribution in [0.2, 0.25) is 0 Å². The fourth-order valence-corrected chi connectivity index (χ4v) is 2.39. The molecule has 4 heteroatoms. The molecular weight excluding hydrogens is 242 g/mol. The highest BCUT2D eigenvalue weighted by molar-refractivity contribution is 7.10. The lowest BCUT2D eigenvalue weighted by molar-refractivity contribution is 0.701. The smallest absolute Gasteiger partial charge is 0.100 e. The number of benzene rings is 1. The van der Waals surface area contributed by atoms with Crippen LogP contribution in [-0.4, -0.2) is 0 Å². The predicted molar refractivity (Wildman–Crippen MR) is 70.7 cm³/mol. The number of hydrogen-bond donors (Lipinski definition) is 1. The van der Waals surface area contributed by atoms with Gasteiger partial charge in [0.1, 0.15) is 6.07 Å². The van der Waals surface area contributed by atoms with Crippen LogP contribution in [0.1, 0.15) is 21.6 Å². The van der Waals surface area contributed by atoms with E-state index in [0.717, 1.165) is 23.5 Å². The highest BCUT2D eigenvalue weighted by Crippen LogP contribution is 2.13. The molecule has 1 aromatic carbocycles. The number of nitrogens with one attached hydrogen (secondary N) is 1. The highest BCUT2D eigenvalue weighted by atomic mass is 32.1.